The topological polar surface area (TPSA) is 35.5 Å². The monoisotopic (exact) mass is 314 g/mol. The van der Waals surface area contributed by atoms with Crippen LogP contribution in [0.5, 0.6) is 0 Å². The van der Waals surface area contributed by atoms with Crippen molar-refractivity contribution in [3.05, 3.63) is 41.0 Å². The minimum Gasteiger partial charge on any atom is -0.492 e. The third kappa shape index (κ3) is 4.50. The van der Waals surface area contributed by atoms with Gasteiger partial charge in [0.15, 0.2) is 0 Å². The van der Waals surface area contributed by atoms with Gasteiger partial charge in [0.05, 0.1) is 19.3 Å². The highest BCUT2D eigenvalue weighted by Crippen LogP contribution is 2.27. The van der Waals surface area contributed by atoms with Crippen molar-refractivity contribution in [1.29, 1.82) is 0 Å². The number of fused-ring (bicyclic) bond motifs is 1. The van der Waals surface area contributed by atoms with Gasteiger partial charge in [-0.25, -0.2) is 4.79 Å². The second-order valence-electron chi connectivity index (χ2n) is 6.23. The number of hydrogen-bond donors (Lipinski definition) is 0. The molecule has 0 aliphatic carbocycles. The maximum Gasteiger partial charge on any atom is 0.334 e. The van der Waals surface area contributed by atoms with E-state index in [-0.39, 0.29) is 5.97 Å². The summed E-state index contributed by atoms with van der Waals surface area (Å²) < 4.78 is 10.6. The van der Waals surface area contributed by atoms with Crippen molar-refractivity contribution in [1.82, 2.24) is 0 Å². The standard InChI is InChI=1S/C18H22O3Si/c1-5-20-18(19)13-17-16-12-14(9-11-22(2,3)4)6-7-15(16)8-10-21-17/h6-7,12-13H,5,8,10H2,1-4H3/b17-13-. The van der Waals surface area contributed by atoms with Crippen molar-refractivity contribution < 1.29 is 14.3 Å². The van der Waals surface area contributed by atoms with E-state index in [4.69, 9.17) is 9.47 Å². The van der Waals surface area contributed by atoms with E-state index < -0.39 is 8.07 Å². The van der Waals surface area contributed by atoms with Crippen LogP contribution < -0.4 is 0 Å². The summed E-state index contributed by atoms with van der Waals surface area (Å²) in [7, 11) is -1.41. The lowest BCUT2D eigenvalue weighted by Gasteiger charge is -2.20. The maximum atomic E-state index is 11.7. The van der Waals surface area contributed by atoms with Crippen molar-refractivity contribution in [2.24, 2.45) is 0 Å². The Morgan fingerprint density at radius 2 is 2.18 bits per heavy atom. The Bertz CT molecular complexity index is 657. The van der Waals surface area contributed by atoms with Crippen LogP contribution in [0.1, 0.15) is 23.6 Å². The quantitative estimate of drug-likeness (QED) is 0.363. The van der Waals surface area contributed by atoms with E-state index in [1.54, 1.807) is 6.92 Å². The molecule has 116 valence electrons. The number of carbonyl (C=O) groups excluding carboxylic acids is 1. The summed E-state index contributed by atoms with van der Waals surface area (Å²) in [5.41, 5.74) is 6.44. The smallest absolute Gasteiger partial charge is 0.334 e. The summed E-state index contributed by atoms with van der Waals surface area (Å²) in [5, 5.41) is 0. The fourth-order valence-electron chi connectivity index (χ4n) is 2.12. The zero-order chi connectivity index (χ0) is 16.2. The van der Waals surface area contributed by atoms with E-state index in [9.17, 15) is 4.79 Å². The molecular formula is C18H22O3Si. The van der Waals surface area contributed by atoms with Gasteiger partial charge in [0, 0.05) is 17.5 Å². The highest BCUT2D eigenvalue weighted by atomic mass is 28.3. The average Bonchev–Trinajstić information content (AvgIpc) is 2.45. The third-order valence-corrected chi connectivity index (χ3v) is 4.00. The fraction of sp³-hybridized carbons (Fsp3) is 0.389. The van der Waals surface area contributed by atoms with Gasteiger partial charge in [0.2, 0.25) is 0 Å². The average molecular weight is 314 g/mol. The lowest BCUT2D eigenvalue weighted by atomic mass is 9.98. The second-order valence-corrected chi connectivity index (χ2v) is 11.0. The largest absolute Gasteiger partial charge is 0.492 e. The molecule has 0 radical (unpaired) electrons. The van der Waals surface area contributed by atoms with Gasteiger partial charge in [0.25, 0.3) is 0 Å². The summed E-state index contributed by atoms with van der Waals surface area (Å²) in [6, 6.07) is 6.12. The molecular weight excluding hydrogens is 292 g/mol. The number of hydrogen-bond acceptors (Lipinski definition) is 3. The number of esters is 1. The van der Waals surface area contributed by atoms with Crippen LogP contribution in [0.15, 0.2) is 24.3 Å². The molecule has 1 aliphatic rings. The van der Waals surface area contributed by atoms with Gasteiger partial charge in [-0.2, -0.15) is 0 Å². The van der Waals surface area contributed by atoms with Crippen LogP contribution in [0.25, 0.3) is 5.76 Å². The lowest BCUT2D eigenvalue weighted by molar-refractivity contribution is -0.137. The predicted octanol–water partition coefficient (Wildman–Crippen LogP) is 3.39. The number of benzene rings is 1. The van der Waals surface area contributed by atoms with Gasteiger partial charge in [-0.3, -0.25) is 0 Å². The van der Waals surface area contributed by atoms with Gasteiger partial charge in [-0.15, -0.1) is 5.54 Å². The van der Waals surface area contributed by atoms with E-state index >= 15 is 0 Å². The normalized spacial score (nSPS) is 15.4. The van der Waals surface area contributed by atoms with Crippen LogP contribution in [0.3, 0.4) is 0 Å². The van der Waals surface area contributed by atoms with Gasteiger partial charge in [-0.1, -0.05) is 31.6 Å². The van der Waals surface area contributed by atoms with Crippen molar-refractivity contribution in [3.63, 3.8) is 0 Å². The molecule has 0 atom stereocenters. The Labute approximate surface area is 133 Å². The molecule has 0 N–H and O–H groups in total. The summed E-state index contributed by atoms with van der Waals surface area (Å²) in [6.45, 7) is 9.38. The Kier molecular flexibility index (Phi) is 5.10. The van der Waals surface area contributed by atoms with E-state index in [0.717, 1.165) is 17.5 Å². The molecule has 1 aromatic rings. The molecule has 0 amide bonds. The number of ether oxygens (including phenoxy) is 2. The molecule has 3 nitrogen and oxygen atoms in total. The first-order valence-corrected chi connectivity index (χ1v) is 11.1. The molecule has 0 fully saturated rings. The number of carbonyl (C=O) groups is 1. The Hall–Kier alpha value is -1.99. The molecule has 22 heavy (non-hydrogen) atoms. The zero-order valence-electron chi connectivity index (χ0n) is 13.7. The Morgan fingerprint density at radius 3 is 2.86 bits per heavy atom. The molecule has 0 saturated heterocycles. The van der Waals surface area contributed by atoms with Crippen LogP contribution >= 0.6 is 0 Å². The van der Waals surface area contributed by atoms with E-state index in [0.29, 0.717) is 19.0 Å². The molecule has 0 bridgehead atoms. The molecule has 2 rings (SSSR count). The summed E-state index contributed by atoms with van der Waals surface area (Å²) in [6.07, 6.45) is 2.27. The minimum atomic E-state index is -1.41. The van der Waals surface area contributed by atoms with E-state index in [1.807, 2.05) is 12.1 Å². The first-order valence-electron chi connectivity index (χ1n) is 7.57. The summed E-state index contributed by atoms with van der Waals surface area (Å²) >= 11 is 0. The van der Waals surface area contributed by atoms with E-state index in [2.05, 4.69) is 37.2 Å². The molecule has 0 saturated carbocycles. The summed E-state index contributed by atoms with van der Waals surface area (Å²) in [4.78, 5) is 11.7. The first-order chi connectivity index (χ1) is 10.4. The van der Waals surface area contributed by atoms with E-state index in [1.165, 1.54) is 11.6 Å². The van der Waals surface area contributed by atoms with Crippen LogP contribution in [0, 0.1) is 11.5 Å². The molecule has 1 heterocycles. The van der Waals surface area contributed by atoms with Gasteiger partial charge < -0.3 is 9.47 Å². The Balaban J connectivity index is 2.36. The molecule has 4 heteroatoms. The van der Waals surface area contributed by atoms with Crippen LogP contribution in [-0.4, -0.2) is 27.3 Å². The van der Waals surface area contributed by atoms with Gasteiger partial charge in [0.1, 0.15) is 13.8 Å². The molecule has 0 aromatic heterocycles. The fourth-order valence-corrected chi connectivity index (χ4v) is 2.64. The van der Waals surface area contributed by atoms with Crippen molar-refractivity contribution in [2.75, 3.05) is 13.2 Å². The molecule has 0 unspecified atom stereocenters. The SMILES string of the molecule is CCOC(=O)/C=C1\OCCc2ccc(C#C[Si](C)(C)C)cc21. The van der Waals surface area contributed by atoms with Crippen LogP contribution in [-0.2, 0) is 20.7 Å². The molecule has 1 aromatic carbocycles. The van der Waals surface area contributed by atoms with Crippen molar-refractivity contribution in [3.8, 4) is 11.5 Å². The van der Waals surface area contributed by atoms with Crippen LogP contribution in [0.2, 0.25) is 19.6 Å². The number of rotatable bonds is 2. The van der Waals surface area contributed by atoms with Crippen molar-refractivity contribution in [2.45, 2.75) is 33.0 Å². The third-order valence-electron chi connectivity index (χ3n) is 3.12. The van der Waals surface area contributed by atoms with Crippen molar-refractivity contribution >= 4 is 19.8 Å². The highest BCUT2D eigenvalue weighted by molar-refractivity contribution is 6.83. The second kappa shape index (κ2) is 6.84. The first kappa shape index (κ1) is 16.4. The highest BCUT2D eigenvalue weighted by Gasteiger charge is 2.17. The maximum absolute atomic E-state index is 11.7. The van der Waals surface area contributed by atoms with Gasteiger partial charge >= 0.3 is 5.97 Å². The van der Waals surface area contributed by atoms with Crippen LogP contribution in [0.4, 0.5) is 0 Å². The lowest BCUT2D eigenvalue weighted by Crippen LogP contribution is -2.16. The molecule has 0 spiro atoms. The zero-order valence-corrected chi connectivity index (χ0v) is 14.7. The van der Waals surface area contributed by atoms with Gasteiger partial charge in [-0.05, 0) is 24.6 Å². The molecule has 1 aliphatic heterocycles. The predicted molar refractivity (Wildman–Crippen MR) is 90.9 cm³/mol. The minimum absolute atomic E-state index is 0.358. The Morgan fingerprint density at radius 1 is 1.41 bits per heavy atom. The summed E-state index contributed by atoms with van der Waals surface area (Å²) in [5.74, 6) is 3.46.